The fourth-order valence-corrected chi connectivity index (χ4v) is 4.82. The molecule has 1 aliphatic rings. The van der Waals surface area contributed by atoms with Gasteiger partial charge in [0, 0.05) is 19.0 Å². The van der Waals surface area contributed by atoms with Gasteiger partial charge in [0.05, 0.1) is 7.11 Å². The van der Waals surface area contributed by atoms with E-state index in [-0.39, 0.29) is 23.3 Å². The first-order valence-electron chi connectivity index (χ1n) is 13.0. The van der Waals surface area contributed by atoms with Crippen molar-refractivity contribution in [2.75, 3.05) is 7.11 Å². The lowest BCUT2D eigenvalue weighted by atomic mass is 9.86. The molecule has 0 spiro atoms. The minimum Gasteiger partial charge on any atom is -0.497 e. The Labute approximate surface area is 211 Å². The molecule has 0 aromatic heterocycles. The van der Waals surface area contributed by atoms with Crippen LogP contribution in [-0.2, 0) is 28.0 Å². The van der Waals surface area contributed by atoms with E-state index in [1.165, 1.54) is 5.56 Å². The fraction of sp³-hybridized carbons (Fsp3) is 0.533. The summed E-state index contributed by atoms with van der Waals surface area (Å²) in [5, 5.41) is 3.21. The highest BCUT2D eigenvalue weighted by Crippen LogP contribution is 2.24. The van der Waals surface area contributed by atoms with Crippen molar-refractivity contribution in [3.8, 4) is 5.75 Å². The molecule has 3 rings (SSSR count). The summed E-state index contributed by atoms with van der Waals surface area (Å²) in [4.78, 5) is 28.6. The molecule has 2 amide bonds. The lowest BCUT2D eigenvalue weighted by Gasteiger charge is -2.31. The number of hydrogen-bond donors (Lipinski definition) is 1. The van der Waals surface area contributed by atoms with Crippen molar-refractivity contribution in [2.45, 2.75) is 96.7 Å². The number of methoxy groups -OCH3 is 1. The van der Waals surface area contributed by atoms with Gasteiger partial charge in [0.15, 0.2) is 0 Å². The molecular weight excluding hydrogens is 436 g/mol. The summed E-state index contributed by atoms with van der Waals surface area (Å²) in [5.74, 6) is 0.712. The van der Waals surface area contributed by atoms with Crippen LogP contribution in [0, 0.1) is 0 Å². The molecule has 0 saturated heterocycles. The van der Waals surface area contributed by atoms with Crippen LogP contribution in [0.2, 0.25) is 0 Å². The fourth-order valence-electron chi connectivity index (χ4n) is 4.82. The van der Waals surface area contributed by atoms with E-state index in [1.54, 1.807) is 12.0 Å². The maximum atomic E-state index is 13.6. The summed E-state index contributed by atoms with van der Waals surface area (Å²) in [6, 6.07) is 16.0. The van der Waals surface area contributed by atoms with Crippen LogP contribution < -0.4 is 10.1 Å². The first kappa shape index (κ1) is 26.8. The average Bonchev–Trinajstić information content (AvgIpc) is 3.35. The number of carbonyl (C=O) groups excluding carboxylic acids is 2. The molecule has 5 heteroatoms. The largest absolute Gasteiger partial charge is 0.497 e. The third-order valence-corrected chi connectivity index (χ3v) is 7.02. The lowest BCUT2D eigenvalue weighted by molar-refractivity contribution is -0.141. The number of carbonyl (C=O) groups is 2. The second-order valence-corrected chi connectivity index (χ2v) is 10.7. The van der Waals surface area contributed by atoms with Crippen molar-refractivity contribution < 1.29 is 14.3 Å². The zero-order valence-corrected chi connectivity index (χ0v) is 22.1. The molecule has 1 fully saturated rings. The number of rotatable bonds is 10. The van der Waals surface area contributed by atoms with Crippen molar-refractivity contribution in [3.05, 3.63) is 65.2 Å². The summed E-state index contributed by atoms with van der Waals surface area (Å²) >= 11 is 0. The van der Waals surface area contributed by atoms with Gasteiger partial charge in [0.25, 0.3) is 0 Å². The van der Waals surface area contributed by atoms with Crippen LogP contribution in [0.5, 0.6) is 5.75 Å². The Morgan fingerprint density at radius 2 is 1.74 bits per heavy atom. The van der Waals surface area contributed by atoms with Crippen molar-refractivity contribution in [1.29, 1.82) is 0 Å². The van der Waals surface area contributed by atoms with Crippen LogP contribution in [0.3, 0.4) is 0 Å². The Balaban J connectivity index is 1.75. The van der Waals surface area contributed by atoms with Crippen LogP contribution in [0.4, 0.5) is 0 Å². The van der Waals surface area contributed by atoms with Gasteiger partial charge in [-0.3, -0.25) is 9.59 Å². The smallest absolute Gasteiger partial charge is 0.243 e. The Morgan fingerprint density at radius 1 is 1.06 bits per heavy atom. The van der Waals surface area contributed by atoms with Crippen LogP contribution in [0.15, 0.2) is 48.5 Å². The SMILES string of the molecule is CC[C@@H](C(=O)NC1CCCC1)N(Cc1cccc(OC)c1)C(=O)CCc1ccc(C(C)(C)C)cc1. The van der Waals surface area contributed by atoms with E-state index in [0.717, 1.165) is 42.6 Å². The number of benzene rings is 2. The van der Waals surface area contributed by atoms with Crippen molar-refractivity contribution in [1.82, 2.24) is 10.2 Å². The van der Waals surface area contributed by atoms with E-state index in [1.807, 2.05) is 31.2 Å². The van der Waals surface area contributed by atoms with Gasteiger partial charge in [-0.1, -0.05) is 76.9 Å². The van der Waals surface area contributed by atoms with Crippen LogP contribution in [0.1, 0.15) is 82.9 Å². The monoisotopic (exact) mass is 478 g/mol. The molecule has 2 aromatic rings. The molecule has 0 heterocycles. The minimum absolute atomic E-state index is 0.00106. The van der Waals surface area contributed by atoms with Gasteiger partial charge in [-0.25, -0.2) is 0 Å². The molecule has 5 nitrogen and oxygen atoms in total. The predicted molar refractivity (Wildman–Crippen MR) is 141 cm³/mol. The molecule has 35 heavy (non-hydrogen) atoms. The lowest BCUT2D eigenvalue weighted by Crippen LogP contribution is -2.51. The first-order chi connectivity index (χ1) is 16.7. The Bertz CT molecular complexity index is 972. The van der Waals surface area contributed by atoms with Gasteiger partial charge in [-0.15, -0.1) is 0 Å². The molecular formula is C30H42N2O3. The molecule has 1 aliphatic carbocycles. The van der Waals surface area contributed by atoms with Gasteiger partial charge in [0.2, 0.25) is 11.8 Å². The summed E-state index contributed by atoms with van der Waals surface area (Å²) in [5.41, 5.74) is 3.47. The Hall–Kier alpha value is -2.82. The number of nitrogens with zero attached hydrogens (tertiary/aromatic N) is 1. The van der Waals surface area contributed by atoms with E-state index in [9.17, 15) is 9.59 Å². The second-order valence-electron chi connectivity index (χ2n) is 10.7. The maximum absolute atomic E-state index is 13.6. The van der Waals surface area contributed by atoms with Crippen LogP contribution >= 0.6 is 0 Å². The number of aryl methyl sites for hydroxylation is 1. The zero-order valence-electron chi connectivity index (χ0n) is 22.1. The predicted octanol–water partition coefficient (Wildman–Crippen LogP) is 5.79. The molecule has 1 atom stereocenters. The maximum Gasteiger partial charge on any atom is 0.243 e. The van der Waals surface area contributed by atoms with Gasteiger partial charge in [0.1, 0.15) is 11.8 Å². The van der Waals surface area contributed by atoms with E-state index in [0.29, 0.717) is 25.8 Å². The van der Waals surface area contributed by atoms with Crippen LogP contribution in [-0.4, -0.2) is 35.9 Å². The van der Waals surface area contributed by atoms with E-state index in [4.69, 9.17) is 4.74 Å². The van der Waals surface area contributed by atoms with Crippen molar-refractivity contribution in [2.24, 2.45) is 0 Å². The van der Waals surface area contributed by atoms with Gasteiger partial charge in [-0.05, 0) is 59.9 Å². The quantitative estimate of drug-likeness (QED) is 0.470. The average molecular weight is 479 g/mol. The molecule has 2 aromatic carbocycles. The summed E-state index contributed by atoms with van der Waals surface area (Å²) in [6.45, 7) is 8.96. The molecule has 1 N–H and O–H groups in total. The van der Waals surface area contributed by atoms with Gasteiger partial charge in [-0.2, -0.15) is 0 Å². The summed E-state index contributed by atoms with van der Waals surface area (Å²) < 4.78 is 5.38. The van der Waals surface area contributed by atoms with Crippen molar-refractivity contribution in [3.63, 3.8) is 0 Å². The normalized spacial score (nSPS) is 15.0. The third kappa shape index (κ3) is 7.58. The third-order valence-electron chi connectivity index (χ3n) is 7.02. The highest BCUT2D eigenvalue weighted by molar-refractivity contribution is 5.88. The number of amides is 2. The molecule has 0 aliphatic heterocycles. The molecule has 190 valence electrons. The summed E-state index contributed by atoms with van der Waals surface area (Å²) in [7, 11) is 1.64. The Kier molecular flexibility index (Phi) is 9.36. The molecule has 0 radical (unpaired) electrons. The Morgan fingerprint density at radius 3 is 2.34 bits per heavy atom. The molecule has 1 saturated carbocycles. The topological polar surface area (TPSA) is 58.6 Å². The summed E-state index contributed by atoms with van der Waals surface area (Å²) in [6.07, 6.45) is 5.96. The highest BCUT2D eigenvalue weighted by atomic mass is 16.5. The molecule has 0 unspecified atom stereocenters. The van der Waals surface area contributed by atoms with E-state index >= 15 is 0 Å². The highest BCUT2D eigenvalue weighted by Gasteiger charge is 2.30. The van der Waals surface area contributed by atoms with E-state index < -0.39 is 6.04 Å². The standard InChI is InChI=1S/C30H42N2O3/c1-6-27(29(34)31-25-11-7-8-12-25)32(21-23-10-9-13-26(20-23)35-5)28(33)19-16-22-14-17-24(18-15-22)30(2,3)4/h9-10,13-15,17-18,20,25,27H,6-8,11-12,16,19,21H2,1-5H3,(H,31,34)/t27-/m0/s1. The second kappa shape index (κ2) is 12.2. The van der Waals surface area contributed by atoms with Gasteiger partial charge < -0.3 is 15.0 Å². The number of hydrogen-bond acceptors (Lipinski definition) is 3. The molecule has 0 bridgehead atoms. The van der Waals surface area contributed by atoms with E-state index in [2.05, 4.69) is 50.4 Å². The van der Waals surface area contributed by atoms with Gasteiger partial charge >= 0.3 is 0 Å². The first-order valence-corrected chi connectivity index (χ1v) is 13.0. The number of ether oxygens (including phenoxy) is 1. The van der Waals surface area contributed by atoms with Crippen LogP contribution in [0.25, 0.3) is 0 Å². The number of nitrogens with one attached hydrogen (secondary N) is 1. The van der Waals surface area contributed by atoms with Crippen molar-refractivity contribution >= 4 is 11.8 Å². The zero-order chi connectivity index (χ0) is 25.4. The minimum atomic E-state index is -0.488.